The van der Waals surface area contributed by atoms with Crippen molar-refractivity contribution in [3.63, 3.8) is 0 Å². The average molecular weight is 408 g/mol. The first-order valence-electron chi connectivity index (χ1n) is 8.76. The Kier molecular flexibility index (Phi) is 4.77. The van der Waals surface area contributed by atoms with Gasteiger partial charge in [0.2, 0.25) is 0 Å². The fourth-order valence-electron chi connectivity index (χ4n) is 3.90. The number of aryl methyl sites for hydroxylation is 1. The summed E-state index contributed by atoms with van der Waals surface area (Å²) in [7, 11) is 2.91. The second kappa shape index (κ2) is 6.58. The predicted molar refractivity (Wildman–Crippen MR) is 104 cm³/mol. The van der Waals surface area contributed by atoms with Gasteiger partial charge in [-0.1, -0.05) is 0 Å². The molecular weight excluding hydrogens is 384 g/mol. The fourth-order valence-corrected chi connectivity index (χ4v) is 5.55. The highest BCUT2D eigenvalue weighted by atomic mass is 32.2. The molecule has 0 saturated carbocycles. The Morgan fingerprint density at radius 3 is 2.18 bits per heavy atom. The lowest BCUT2D eigenvalue weighted by molar-refractivity contribution is -0.165. The van der Waals surface area contributed by atoms with Crippen molar-refractivity contribution in [1.29, 1.82) is 0 Å². The van der Waals surface area contributed by atoms with Gasteiger partial charge in [0, 0.05) is 4.75 Å². The van der Waals surface area contributed by atoms with Gasteiger partial charge in [0.25, 0.3) is 11.8 Å². The maximum Gasteiger partial charge on any atom is 0.327 e. The first-order chi connectivity index (χ1) is 13.0. The molecule has 0 aromatic heterocycles. The molecule has 0 unspecified atom stereocenters. The number of benzene rings is 1. The van der Waals surface area contributed by atoms with E-state index in [1.165, 1.54) is 30.9 Å². The number of carbonyl (C=O) groups is 3. The van der Waals surface area contributed by atoms with Gasteiger partial charge in [-0.2, -0.15) is 0 Å². The van der Waals surface area contributed by atoms with Crippen LogP contribution in [-0.4, -0.2) is 63.7 Å². The topological polar surface area (TPSA) is 105 Å². The second-order valence-electron chi connectivity index (χ2n) is 7.73. The smallest absolute Gasteiger partial charge is 0.327 e. The summed E-state index contributed by atoms with van der Waals surface area (Å²) in [6, 6.07) is 2.48. The minimum atomic E-state index is -1.22. The predicted octanol–water partition coefficient (Wildman–Crippen LogP) is 1.65. The summed E-state index contributed by atoms with van der Waals surface area (Å²) in [5.41, 5.74) is -0.163. The van der Waals surface area contributed by atoms with Crippen molar-refractivity contribution in [3.8, 4) is 11.5 Å². The number of fused-ring (bicyclic) bond motifs is 1. The molecule has 2 amide bonds. The van der Waals surface area contributed by atoms with Crippen molar-refractivity contribution < 1.29 is 29.0 Å². The number of carboxylic acid groups (broad SMARTS) is 1. The van der Waals surface area contributed by atoms with E-state index in [2.05, 4.69) is 5.32 Å². The monoisotopic (exact) mass is 408 g/mol. The summed E-state index contributed by atoms with van der Waals surface area (Å²) in [6.45, 7) is 7.05. The number of ether oxygens (including phenoxy) is 2. The molecule has 152 valence electrons. The Hall–Kier alpha value is -2.42. The Labute approximate surface area is 167 Å². The second-order valence-corrected chi connectivity index (χ2v) is 9.46. The summed E-state index contributed by atoms with van der Waals surface area (Å²) in [5.74, 6) is -1.31. The number of amides is 2. The van der Waals surface area contributed by atoms with Crippen molar-refractivity contribution in [1.82, 2.24) is 10.2 Å². The minimum Gasteiger partial charge on any atom is -0.496 e. The third-order valence-electron chi connectivity index (χ3n) is 5.26. The number of hydrogen-bond donors (Lipinski definition) is 2. The normalized spacial score (nSPS) is 27.6. The molecule has 0 radical (unpaired) electrons. The molecule has 0 aliphatic carbocycles. The van der Waals surface area contributed by atoms with Gasteiger partial charge in [-0.25, -0.2) is 4.79 Å². The Balaban J connectivity index is 1.93. The van der Waals surface area contributed by atoms with Crippen LogP contribution in [0.25, 0.3) is 0 Å². The van der Waals surface area contributed by atoms with Gasteiger partial charge in [-0.15, -0.1) is 11.8 Å². The number of aliphatic carboxylic acids is 1. The SMILES string of the molecule is COc1cc(C)cc(OC)c1C(=O)N[C@@]1(C)C(=O)N2[C@@H](C(=O)O)C(C)(C)S[C@@H]21. The van der Waals surface area contributed by atoms with Crippen LogP contribution < -0.4 is 14.8 Å². The average Bonchev–Trinajstić information content (AvgIpc) is 2.89. The minimum absolute atomic E-state index is 0.195. The van der Waals surface area contributed by atoms with Crippen molar-refractivity contribution >= 4 is 29.5 Å². The van der Waals surface area contributed by atoms with E-state index in [1.807, 2.05) is 6.92 Å². The highest BCUT2D eigenvalue weighted by Gasteiger charge is 2.70. The van der Waals surface area contributed by atoms with Crippen LogP contribution in [0.15, 0.2) is 12.1 Å². The standard InChI is InChI=1S/C19H24N2O6S/c1-9-7-10(26-5)12(11(8-9)27-6)14(22)20-19(4)16(25)21-13(15(23)24)18(2,3)28-17(19)21/h7-8,13,17H,1-6H3,(H,20,22)(H,23,24)/t13-,17+,19-/m0/s1. The molecule has 8 nitrogen and oxygen atoms in total. The number of nitrogens with zero attached hydrogens (tertiary/aromatic N) is 1. The van der Waals surface area contributed by atoms with E-state index < -0.39 is 39.5 Å². The number of thioether (sulfide) groups is 1. The molecule has 0 bridgehead atoms. The first kappa shape index (κ1) is 20.3. The number of nitrogens with one attached hydrogen (secondary N) is 1. The molecule has 1 aromatic rings. The highest BCUT2D eigenvalue weighted by Crippen LogP contribution is 2.54. The number of carbonyl (C=O) groups excluding carboxylic acids is 2. The zero-order valence-corrected chi connectivity index (χ0v) is 17.5. The van der Waals surface area contributed by atoms with Crippen LogP contribution in [0, 0.1) is 6.92 Å². The van der Waals surface area contributed by atoms with E-state index in [0.717, 1.165) is 5.56 Å². The Morgan fingerprint density at radius 2 is 1.71 bits per heavy atom. The van der Waals surface area contributed by atoms with Crippen molar-refractivity contribution in [2.75, 3.05) is 14.2 Å². The van der Waals surface area contributed by atoms with Gasteiger partial charge < -0.3 is 24.8 Å². The zero-order chi connectivity index (χ0) is 21.0. The lowest BCUT2D eigenvalue weighted by atomic mass is 9.86. The summed E-state index contributed by atoms with van der Waals surface area (Å²) in [4.78, 5) is 39.0. The van der Waals surface area contributed by atoms with Gasteiger partial charge in [0.1, 0.15) is 34.0 Å². The number of hydrogen-bond acceptors (Lipinski definition) is 6. The van der Waals surface area contributed by atoms with Crippen LogP contribution in [0.4, 0.5) is 0 Å². The number of rotatable bonds is 5. The lowest BCUT2D eigenvalue weighted by Crippen LogP contribution is -2.78. The molecular formula is C19H24N2O6S. The quantitative estimate of drug-likeness (QED) is 0.714. The molecule has 2 saturated heterocycles. The summed E-state index contributed by atoms with van der Waals surface area (Å²) >= 11 is 1.37. The molecule has 3 atom stereocenters. The number of methoxy groups -OCH3 is 2. The van der Waals surface area contributed by atoms with Crippen LogP contribution in [0.2, 0.25) is 0 Å². The molecule has 3 rings (SSSR count). The summed E-state index contributed by atoms with van der Waals surface area (Å²) in [5, 5.41) is 11.9. The van der Waals surface area contributed by atoms with Crippen LogP contribution in [0.1, 0.15) is 36.7 Å². The van der Waals surface area contributed by atoms with Gasteiger partial charge in [-0.05, 0) is 45.4 Å². The van der Waals surface area contributed by atoms with Crippen molar-refractivity contribution in [2.45, 2.75) is 49.4 Å². The summed E-state index contributed by atoms with van der Waals surface area (Å²) in [6.07, 6.45) is 0. The molecule has 1 aromatic carbocycles. The first-order valence-corrected chi connectivity index (χ1v) is 9.64. The molecule has 2 heterocycles. The number of β-lactam (4-membered cyclic amide) rings is 1. The van der Waals surface area contributed by atoms with Crippen LogP contribution in [0.3, 0.4) is 0 Å². The Bertz CT molecular complexity index is 845. The van der Waals surface area contributed by atoms with Crippen molar-refractivity contribution in [3.05, 3.63) is 23.3 Å². The largest absolute Gasteiger partial charge is 0.496 e. The van der Waals surface area contributed by atoms with E-state index in [4.69, 9.17) is 9.47 Å². The van der Waals surface area contributed by atoms with E-state index in [-0.39, 0.29) is 5.56 Å². The molecule has 2 aliphatic heterocycles. The Morgan fingerprint density at radius 1 is 1.18 bits per heavy atom. The zero-order valence-electron chi connectivity index (χ0n) is 16.7. The van der Waals surface area contributed by atoms with Gasteiger partial charge in [-0.3, -0.25) is 9.59 Å². The van der Waals surface area contributed by atoms with E-state index >= 15 is 0 Å². The maximum absolute atomic E-state index is 13.1. The third-order valence-corrected chi connectivity index (χ3v) is 7.01. The van der Waals surface area contributed by atoms with Crippen LogP contribution >= 0.6 is 11.8 Å². The summed E-state index contributed by atoms with van der Waals surface area (Å²) < 4.78 is 9.99. The molecule has 2 aliphatic rings. The van der Waals surface area contributed by atoms with Crippen molar-refractivity contribution in [2.24, 2.45) is 0 Å². The molecule has 0 spiro atoms. The van der Waals surface area contributed by atoms with E-state index in [9.17, 15) is 19.5 Å². The van der Waals surface area contributed by atoms with E-state index in [1.54, 1.807) is 32.9 Å². The van der Waals surface area contributed by atoms with Gasteiger partial charge >= 0.3 is 5.97 Å². The van der Waals surface area contributed by atoms with E-state index in [0.29, 0.717) is 11.5 Å². The molecule has 2 fully saturated rings. The molecule has 2 N–H and O–H groups in total. The maximum atomic E-state index is 13.1. The molecule has 9 heteroatoms. The van der Waals surface area contributed by atoms with Crippen LogP contribution in [0.5, 0.6) is 11.5 Å². The molecule has 28 heavy (non-hydrogen) atoms. The number of carboxylic acids is 1. The van der Waals surface area contributed by atoms with Gasteiger partial charge in [0.15, 0.2) is 0 Å². The van der Waals surface area contributed by atoms with Crippen LogP contribution in [-0.2, 0) is 9.59 Å². The van der Waals surface area contributed by atoms with Gasteiger partial charge in [0.05, 0.1) is 14.2 Å². The fraction of sp³-hybridized carbons (Fsp3) is 0.526. The third kappa shape index (κ3) is 2.80. The highest BCUT2D eigenvalue weighted by molar-refractivity contribution is 8.01. The lowest BCUT2D eigenvalue weighted by Gasteiger charge is -2.51.